The van der Waals surface area contributed by atoms with Crippen LogP contribution in [0.3, 0.4) is 0 Å². The Hall–Kier alpha value is -2.27. The summed E-state index contributed by atoms with van der Waals surface area (Å²) in [5.74, 6) is 0. The summed E-state index contributed by atoms with van der Waals surface area (Å²) in [6, 6.07) is 23.1. The number of hydrogen-bond donors (Lipinski definition) is 0. The van der Waals surface area contributed by atoms with E-state index >= 15 is 0 Å². The molecule has 83 valence electrons. The van der Waals surface area contributed by atoms with Gasteiger partial charge in [0.25, 0.3) is 0 Å². The topological polar surface area (TPSA) is 27.0 Å². The molecule has 2 nitrogen and oxygen atoms in total. The van der Waals surface area contributed by atoms with Gasteiger partial charge in [0.05, 0.1) is 12.5 Å². The average molecular weight is 221 g/mol. The van der Waals surface area contributed by atoms with Gasteiger partial charge in [-0.3, -0.25) is 0 Å². The Kier molecular flexibility index (Phi) is 3.77. The van der Waals surface area contributed by atoms with Crippen molar-refractivity contribution in [3.05, 3.63) is 60.7 Å². The van der Waals surface area contributed by atoms with Crippen LogP contribution < -0.4 is 4.90 Å². The van der Waals surface area contributed by atoms with Crippen molar-refractivity contribution in [2.24, 2.45) is 0 Å². The van der Waals surface area contributed by atoms with E-state index < -0.39 is 0 Å². The average Bonchev–Trinajstić information content (AvgIpc) is 2.42. The number of para-hydroxylation sites is 1. The number of benzene rings is 2. The second-order valence-electron chi connectivity index (χ2n) is 3.65. The van der Waals surface area contributed by atoms with E-state index in [2.05, 4.69) is 17.0 Å². The molecule has 2 aromatic rings. The highest BCUT2D eigenvalue weighted by Crippen LogP contribution is 2.24. The van der Waals surface area contributed by atoms with Gasteiger partial charge in [-0.05, 0) is 30.3 Å². The SMILES string of the molecule is N#CCCN(c1cc[c]cc1)c1ccccc1. The van der Waals surface area contributed by atoms with Crippen molar-refractivity contribution in [3.8, 4) is 6.07 Å². The zero-order chi connectivity index (χ0) is 11.9. The Bertz CT molecular complexity index is 446. The lowest BCUT2D eigenvalue weighted by atomic mass is 10.2. The second kappa shape index (κ2) is 5.72. The third-order valence-electron chi connectivity index (χ3n) is 2.53. The van der Waals surface area contributed by atoms with E-state index in [1.54, 1.807) is 0 Å². The molecule has 0 aromatic heterocycles. The van der Waals surface area contributed by atoms with Crippen LogP contribution in [0.4, 0.5) is 11.4 Å². The normalized spacial score (nSPS) is 9.59. The molecular weight excluding hydrogens is 208 g/mol. The molecule has 0 unspecified atom stereocenters. The Morgan fingerprint density at radius 2 is 1.65 bits per heavy atom. The zero-order valence-corrected chi connectivity index (χ0v) is 9.50. The summed E-state index contributed by atoms with van der Waals surface area (Å²) < 4.78 is 0. The van der Waals surface area contributed by atoms with Crippen molar-refractivity contribution >= 4 is 11.4 Å². The molecule has 0 fully saturated rings. The van der Waals surface area contributed by atoms with Gasteiger partial charge < -0.3 is 4.90 Å². The Morgan fingerprint density at radius 1 is 1.00 bits per heavy atom. The van der Waals surface area contributed by atoms with Crippen LogP contribution in [0.15, 0.2) is 54.6 Å². The van der Waals surface area contributed by atoms with Crippen molar-refractivity contribution in [1.82, 2.24) is 0 Å². The fraction of sp³-hybridized carbons (Fsp3) is 0.133. The summed E-state index contributed by atoms with van der Waals surface area (Å²) in [7, 11) is 0. The first-order valence-corrected chi connectivity index (χ1v) is 5.57. The molecule has 2 aromatic carbocycles. The highest BCUT2D eigenvalue weighted by molar-refractivity contribution is 5.62. The Labute approximate surface area is 102 Å². The summed E-state index contributed by atoms with van der Waals surface area (Å²) in [4.78, 5) is 2.14. The van der Waals surface area contributed by atoms with E-state index in [1.165, 1.54) is 0 Å². The number of anilines is 2. The van der Waals surface area contributed by atoms with Gasteiger partial charge in [-0.15, -0.1) is 0 Å². The Morgan fingerprint density at radius 3 is 2.29 bits per heavy atom. The van der Waals surface area contributed by atoms with E-state index in [4.69, 9.17) is 5.26 Å². The minimum absolute atomic E-state index is 0.507. The maximum Gasteiger partial charge on any atom is 0.0640 e. The highest BCUT2D eigenvalue weighted by Gasteiger charge is 2.07. The molecule has 1 radical (unpaired) electrons. The predicted molar refractivity (Wildman–Crippen MR) is 69.0 cm³/mol. The molecule has 0 saturated carbocycles. The van der Waals surface area contributed by atoms with E-state index in [0.29, 0.717) is 13.0 Å². The van der Waals surface area contributed by atoms with Crippen LogP contribution in [0.5, 0.6) is 0 Å². The van der Waals surface area contributed by atoms with E-state index in [0.717, 1.165) is 11.4 Å². The van der Waals surface area contributed by atoms with E-state index in [9.17, 15) is 0 Å². The van der Waals surface area contributed by atoms with E-state index in [1.807, 2.05) is 54.6 Å². The lowest BCUT2D eigenvalue weighted by Gasteiger charge is -2.23. The third kappa shape index (κ3) is 2.85. The summed E-state index contributed by atoms with van der Waals surface area (Å²) in [6.07, 6.45) is 0.507. The summed E-state index contributed by atoms with van der Waals surface area (Å²) >= 11 is 0. The molecule has 0 bridgehead atoms. The first-order valence-electron chi connectivity index (χ1n) is 5.57. The smallest absolute Gasteiger partial charge is 0.0640 e. The minimum atomic E-state index is 0.507. The van der Waals surface area contributed by atoms with Gasteiger partial charge in [0.15, 0.2) is 0 Å². The van der Waals surface area contributed by atoms with Crippen molar-refractivity contribution in [3.63, 3.8) is 0 Å². The molecular formula is C15H13N2. The molecule has 0 saturated heterocycles. The van der Waals surface area contributed by atoms with Gasteiger partial charge >= 0.3 is 0 Å². The Balaban J connectivity index is 2.30. The summed E-state index contributed by atoms with van der Waals surface area (Å²) in [6.45, 7) is 0.699. The van der Waals surface area contributed by atoms with Crippen LogP contribution in [-0.4, -0.2) is 6.54 Å². The predicted octanol–water partition coefficient (Wildman–Crippen LogP) is 3.54. The molecule has 17 heavy (non-hydrogen) atoms. The van der Waals surface area contributed by atoms with Gasteiger partial charge in [-0.1, -0.05) is 30.3 Å². The van der Waals surface area contributed by atoms with Gasteiger partial charge in [0.1, 0.15) is 0 Å². The summed E-state index contributed by atoms with van der Waals surface area (Å²) in [5, 5.41) is 8.73. The zero-order valence-electron chi connectivity index (χ0n) is 9.50. The first kappa shape index (κ1) is 11.2. The lowest BCUT2D eigenvalue weighted by Crippen LogP contribution is -2.17. The van der Waals surface area contributed by atoms with E-state index in [-0.39, 0.29) is 0 Å². The van der Waals surface area contributed by atoms with Gasteiger partial charge in [0, 0.05) is 17.9 Å². The van der Waals surface area contributed by atoms with Crippen LogP contribution in [0.2, 0.25) is 0 Å². The molecule has 0 amide bonds. The third-order valence-corrected chi connectivity index (χ3v) is 2.53. The largest absolute Gasteiger partial charge is 0.340 e. The van der Waals surface area contributed by atoms with Crippen molar-refractivity contribution < 1.29 is 0 Å². The van der Waals surface area contributed by atoms with Crippen LogP contribution in [0, 0.1) is 17.4 Å². The van der Waals surface area contributed by atoms with Crippen LogP contribution >= 0.6 is 0 Å². The number of hydrogen-bond acceptors (Lipinski definition) is 2. The fourth-order valence-corrected chi connectivity index (χ4v) is 1.74. The molecule has 0 aliphatic heterocycles. The second-order valence-corrected chi connectivity index (χ2v) is 3.65. The maximum absolute atomic E-state index is 8.73. The van der Waals surface area contributed by atoms with Crippen molar-refractivity contribution in [2.75, 3.05) is 11.4 Å². The number of rotatable bonds is 4. The lowest BCUT2D eigenvalue weighted by molar-refractivity contribution is 0.948. The fourth-order valence-electron chi connectivity index (χ4n) is 1.74. The molecule has 0 atom stereocenters. The van der Waals surface area contributed by atoms with Crippen molar-refractivity contribution in [2.45, 2.75) is 6.42 Å². The number of nitrogens with zero attached hydrogens (tertiary/aromatic N) is 2. The first-order chi connectivity index (χ1) is 8.42. The van der Waals surface area contributed by atoms with Gasteiger partial charge in [-0.2, -0.15) is 5.26 Å². The standard InChI is InChI=1S/C15H13N2/c16-12-7-13-17(14-8-3-1-4-9-14)15-10-5-2-6-11-15/h1,3-6,8-11H,7,13H2. The summed E-state index contributed by atoms with van der Waals surface area (Å²) in [5.41, 5.74) is 2.19. The maximum atomic E-state index is 8.73. The molecule has 0 spiro atoms. The highest BCUT2D eigenvalue weighted by atomic mass is 15.1. The number of nitriles is 1. The quantitative estimate of drug-likeness (QED) is 0.789. The molecule has 2 rings (SSSR count). The van der Waals surface area contributed by atoms with Crippen LogP contribution in [-0.2, 0) is 0 Å². The minimum Gasteiger partial charge on any atom is -0.340 e. The monoisotopic (exact) mass is 221 g/mol. The van der Waals surface area contributed by atoms with Gasteiger partial charge in [-0.25, -0.2) is 0 Å². The molecule has 2 heteroatoms. The molecule has 0 N–H and O–H groups in total. The van der Waals surface area contributed by atoms with Crippen molar-refractivity contribution in [1.29, 1.82) is 5.26 Å². The molecule has 0 aliphatic carbocycles. The molecule has 0 heterocycles. The van der Waals surface area contributed by atoms with Gasteiger partial charge in [0.2, 0.25) is 0 Å². The molecule has 0 aliphatic rings. The van der Waals surface area contributed by atoms with Crippen LogP contribution in [0.1, 0.15) is 6.42 Å². The van der Waals surface area contributed by atoms with Crippen LogP contribution in [0.25, 0.3) is 0 Å².